The minimum absolute atomic E-state index is 0.0187. The van der Waals surface area contributed by atoms with Crippen molar-refractivity contribution in [3.63, 3.8) is 0 Å². The Morgan fingerprint density at radius 3 is 2.74 bits per heavy atom. The zero-order valence-electron chi connectivity index (χ0n) is 22.6. The van der Waals surface area contributed by atoms with Crippen LogP contribution in [-0.4, -0.2) is 39.7 Å². The van der Waals surface area contributed by atoms with Gasteiger partial charge in [0.25, 0.3) is 0 Å². The molecule has 1 atom stereocenters. The number of thioether (sulfide) groups is 1. The van der Waals surface area contributed by atoms with E-state index in [4.69, 9.17) is 19.3 Å². The molecule has 0 aliphatic carbocycles. The van der Waals surface area contributed by atoms with Crippen LogP contribution >= 0.6 is 27.7 Å². The Bertz CT molecular complexity index is 1380. The zero-order chi connectivity index (χ0) is 28.1. The minimum Gasteiger partial charge on any atom is -0.493 e. The number of benzene rings is 2. The third kappa shape index (κ3) is 6.58. The summed E-state index contributed by atoms with van der Waals surface area (Å²) < 4.78 is 33.7. The first kappa shape index (κ1) is 28.9. The molecule has 4 rings (SSSR count). The average Bonchev–Trinajstić information content (AvgIpc) is 3.29. The Balaban J connectivity index is 1.75. The first-order valence-electron chi connectivity index (χ1n) is 12.7. The molecule has 0 fully saturated rings. The zero-order valence-corrected chi connectivity index (χ0v) is 25.0. The summed E-state index contributed by atoms with van der Waals surface area (Å²) in [7, 11) is 1.53. The molecule has 3 aromatic rings. The molecular formula is C28H32BrFN4O4S. The van der Waals surface area contributed by atoms with E-state index in [-0.39, 0.29) is 18.5 Å². The van der Waals surface area contributed by atoms with E-state index in [0.717, 1.165) is 18.6 Å². The van der Waals surface area contributed by atoms with Crippen LogP contribution in [0, 0.1) is 5.82 Å². The average molecular weight is 620 g/mol. The van der Waals surface area contributed by atoms with Crippen LogP contribution in [0.25, 0.3) is 0 Å². The fourth-order valence-electron chi connectivity index (χ4n) is 4.15. The van der Waals surface area contributed by atoms with Crippen LogP contribution in [0.15, 0.2) is 57.3 Å². The molecule has 1 aromatic heterocycles. The maximum absolute atomic E-state index is 14.2. The molecule has 0 saturated heterocycles. The SMILES string of the molecule is CCCCSc1nc2n(n1)C(c1cc(Br)c(OCc3ccccc3F)c(OC)c1)C(C(=O)OC(C)C)=C(C)N2. The van der Waals surface area contributed by atoms with Crippen molar-refractivity contribution >= 4 is 39.6 Å². The van der Waals surface area contributed by atoms with Crippen LogP contribution in [0.5, 0.6) is 11.5 Å². The van der Waals surface area contributed by atoms with E-state index in [1.165, 1.54) is 13.2 Å². The fraction of sp³-hybridized carbons (Fsp3) is 0.393. The molecule has 8 nitrogen and oxygen atoms in total. The highest BCUT2D eigenvalue weighted by atomic mass is 79.9. The standard InChI is InChI=1S/C28H32BrFN4O4S/c1-6-7-12-39-28-32-27-31-17(4)23(26(35)38-16(2)3)24(34(27)33-28)19-13-20(29)25(22(14-19)36-5)37-15-18-10-8-9-11-21(18)30/h8-11,13-14,16,24H,6-7,12,15H2,1-5H3,(H,31,32,33). The van der Waals surface area contributed by atoms with E-state index in [1.54, 1.807) is 40.7 Å². The van der Waals surface area contributed by atoms with Crippen LogP contribution < -0.4 is 14.8 Å². The van der Waals surface area contributed by atoms with Gasteiger partial charge in [0.2, 0.25) is 11.1 Å². The van der Waals surface area contributed by atoms with Gasteiger partial charge in [-0.1, -0.05) is 43.3 Å². The number of carbonyl (C=O) groups excluding carboxylic acids is 1. The summed E-state index contributed by atoms with van der Waals surface area (Å²) in [5, 5.41) is 8.60. The van der Waals surface area contributed by atoms with Crippen molar-refractivity contribution in [1.82, 2.24) is 14.8 Å². The van der Waals surface area contributed by atoms with Crippen molar-refractivity contribution in [2.75, 3.05) is 18.2 Å². The van der Waals surface area contributed by atoms with E-state index < -0.39 is 12.0 Å². The van der Waals surface area contributed by atoms with Gasteiger partial charge in [0.05, 0.1) is 23.3 Å². The normalized spacial score (nSPS) is 14.7. The van der Waals surface area contributed by atoms with Crippen LogP contribution in [0.1, 0.15) is 57.7 Å². The maximum Gasteiger partial charge on any atom is 0.338 e. The molecular weight excluding hydrogens is 587 g/mol. The Morgan fingerprint density at radius 2 is 2.05 bits per heavy atom. The Morgan fingerprint density at radius 1 is 1.28 bits per heavy atom. The van der Waals surface area contributed by atoms with Crippen molar-refractivity contribution in [2.24, 2.45) is 0 Å². The third-order valence-electron chi connectivity index (χ3n) is 6.02. The van der Waals surface area contributed by atoms with Crippen molar-refractivity contribution < 1.29 is 23.4 Å². The van der Waals surface area contributed by atoms with Gasteiger partial charge in [-0.15, -0.1) is 5.10 Å². The summed E-state index contributed by atoms with van der Waals surface area (Å²) in [6.07, 6.45) is 1.82. The molecule has 1 unspecified atom stereocenters. The van der Waals surface area contributed by atoms with Gasteiger partial charge < -0.3 is 19.5 Å². The molecule has 1 aliphatic heterocycles. The van der Waals surface area contributed by atoms with Gasteiger partial charge in [-0.3, -0.25) is 0 Å². The number of unbranched alkanes of at least 4 members (excludes halogenated alkanes) is 1. The molecule has 2 heterocycles. The Kier molecular flexibility index (Phi) is 9.55. The molecule has 0 bridgehead atoms. The molecule has 0 amide bonds. The van der Waals surface area contributed by atoms with E-state index in [0.29, 0.717) is 49.5 Å². The number of aromatic nitrogens is 3. The predicted octanol–water partition coefficient (Wildman–Crippen LogP) is 6.90. The number of hydrogen-bond acceptors (Lipinski definition) is 8. The van der Waals surface area contributed by atoms with E-state index in [9.17, 15) is 9.18 Å². The second kappa shape index (κ2) is 12.9. The highest BCUT2D eigenvalue weighted by Gasteiger charge is 2.36. The summed E-state index contributed by atoms with van der Waals surface area (Å²) in [5.74, 6) is 1.47. The summed E-state index contributed by atoms with van der Waals surface area (Å²) in [6, 6.07) is 9.46. The number of carbonyl (C=O) groups is 1. The smallest absolute Gasteiger partial charge is 0.338 e. The highest BCUT2D eigenvalue weighted by Crippen LogP contribution is 2.43. The molecule has 0 spiro atoms. The lowest BCUT2D eigenvalue weighted by Gasteiger charge is -2.29. The largest absolute Gasteiger partial charge is 0.493 e. The number of halogens is 2. The number of nitrogens with one attached hydrogen (secondary N) is 1. The molecule has 0 radical (unpaired) electrons. The second-order valence-corrected chi connectivity index (χ2v) is 11.2. The number of fused-ring (bicyclic) bond motifs is 1. The van der Waals surface area contributed by atoms with Gasteiger partial charge in [0, 0.05) is 17.0 Å². The Hall–Kier alpha value is -3.05. The van der Waals surface area contributed by atoms with Crippen LogP contribution in [0.3, 0.4) is 0 Å². The lowest BCUT2D eigenvalue weighted by Crippen LogP contribution is -2.30. The molecule has 11 heteroatoms. The van der Waals surface area contributed by atoms with Crippen molar-refractivity contribution in [3.8, 4) is 11.5 Å². The fourth-order valence-corrected chi connectivity index (χ4v) is 5.64. The van der Waals surface area contributed by atoms with Crippen LogP contribution in [0.4, 0.5) is 10.3 Å². The number of hydrogen-bond donors (Lipinski definition) is 1. The summed E-state index contributed by atoms with van der Waals surface area (Å²) in [6.45, 7) is 7.60. The lowest BCUT2D eigenvalue weighted by molar-refractivity contribution is -0.143. The van der Waals surface area contributed by atoms with Gasteiger partial charge in [-0.25, -0.2) is 13.9 Å². The molecule has 39 heavy (non-hydrogen) atoms. The van der Waals surface area contributed by atoms with Crippen LogP contribution in [-0.2, 0) is 16.1 Å². The van der Waals surface area contributed by atoms with Gasteiger partial charge in [0.1, 0.15) is 18.5 Å². The molecule has 208 valence electrons. The first-order valence-corrected chi connectivity index (χ1v) is 14.5. The predicted molar refractivity (Wildman–Crippen MR) is 153 cm³/mol. The van der Waals surface area contributed by atoms with Gasteiger partial charge in [-0.05, 0) is 66.9 Å². The number of esters is 1. The van der Waals surface area contributed by atoms with Gasteiger partial charge >= 0.3 is 5.97 Å². The van der Waals surface area contributed by atoms with Crippen molar-refractivity contribution in [2.45, 2.75) is 64.4 Å². The lowest BCUT2D eigenvalue weighted by atomic mass is 9.95. The number of ether oxygens (including phenoxy) is 3. The van der Waals surface area contributed by atoms with Gasteiger partial charge in [-0.2, -0.15) is 4.98 Å². The minimum atomic E-state index is -0.633. The number of allylic oxidation sites excluding steroid dienone is 1. The van der Waals surface area contributed by atoms with E-state index in [1.807, 2.05) is 26.8 Å². The molecule has 2 aromatic carbocycles. The highest BCUT2D eigenvalue weighted by molar-refractivity contribution is 9.10. The molecule has 0 saturated carbocycles. The summed E-state index contributed by atoms with van der Waals surface area (Å²) in [5.41, 5.74) is 2.18. The van der Waals surface area contributed by atoms with Crippen molar-refractivity contribution in [3.05, 3.63) is 69.1 Å². The Labute approximate surface area is 240 Å². The molecule has 1 N–H and O–H groups in total. The van der Waals surface area contributed by atoms with E-state index >= 15 is 0 Å². The second-order valence-electron chi connectivity index (χ2n) is 9.30. The monoisotopic (exact) mass is 618 g/mol. The quantitative estimate of drug-likeness (QED) is 0.141. The maximum atomic E-state index is 14.2. The number of anilines is 1. The van der Waals surface area contributed by atoms with E-state index in [2.05, 4.69) is 33.2 Å². The van der Waals surface area contributed by atoms with Crippen molar-refractivity contribution in [1.29, 1.82) is 0 Å². The molecule has 1 aliphatic rings. The number of rotatable bonds is 11. The number of nitrogens with zero attached hydrogens (tertiary/aromatic N) is 3. The van der Waals surface area contributed by atoms with Gasteiger partial charge in [0.15, 0.2) is 11.5 Å². The first-order chi connectivity index (χ1) is 18.7. The number of methoxy groups -OCH3 is 1. The topological polar surface area (TPSA) is 87.5 Å². The summed E-state index contributed by atoms with van der Waals surface area (Å²) in [4.78, 5) is 18.0. The third-order valence-corrected chi connectivity index (χ3v) is 7.54. The van der Waals surface area contributed by atoms with Crippen LogP contribution in [0.2, 0.25) is 0 Å². The summed E-state index contributed by atoms with van der Waals surface area (Å²) >= 11 is 5.17.